The third kappa shape index (κ3) is 1.78. The van der Waals surface area contributed by atoms with Gasteiger partial charge in [-0.3, -0.25) is 9.78 Å². The molecule has 88 valence electrons. The third-order valence-corrected chi connectivity index (χ3v) is 2.77. The Labute approximate surface area is 104 Å². The molecule has 0 saturated carbocycles. The highest BCUT2D eigenvalue weighted by Gasteiger charge is 2.02. The zero-order valence-electron chi connectivity index (χ0n) is 9.87. The Kier molecular flexibility index (Phi) is 2.41. The van der Waals surface area contributed by atoms with Crippen molar-refractivity contribution in [3.8, 4) is 5.69 Å². The summed E-state index contributed by atoms with van der Waals surface area (Å²) in [6.07, 6.45) is 1.60. The molecular formula is C14H11N3O. The van der Waals surface area contributed by atoms with E-state index in [0.717, 1.165) is 22.3 Å². The Morgan fingerprint density at radius 2 is 2.00 bits per heavy atom. The monoisotopic (exact) mass is 237 g/mol. The summed E-state index contributed by atoms with van der Waals surface area (Å²) in [7, 11) is 0. The second-order valence-electron chi connectivity index (χ2n) is 4.10. The molecule has 2 heterocycles. The van der Waals surface area contributed by atoms with E-state index >= 15 is 0 Å². The second kappa shape index (κ2) is 4.07. The van der Waals surface area contributed by atoms with Crippen molar-refractivity contribution in [2.24, 2.45) is 0 Å². The van der Waals surface area contributed by atoms with Crippen molar-refractivity contribution >= 4 is 10.9 Å². The Balaban J connectivity index is 2.23. The molecule has 0 saturated heterocycles. The van der Waals surface area contributed by atoms with E-state index < -0.39 is 0 Å². The molecule has 0 bridgehead atoms. The maximum atomic E-state index is 11.7. The molecule has 0 aliphatic carbocycles. The second-order valence-corrected chi connectivity index (χ2v) is 4.10. The SMILES string of the molecule is Cc1ccc2cc(-n3ncccc3=O)ccc2n1. The average molecular weight is 237 g/mol. The van der Waals surface area contributed by atoms with Crippen molar-refractivity contribution in [1.82, 2.24) is 14.8 Å². The molecule has 0 N–H and O–H groups in total. The fourth-order valence-electron chi connectivity index (χ4n) is 1.90. The van der Waals surface area contributed by atoms with E-state index in [2.05, 4.69) is 10.1 Å². The molecule has 0 unspecified atom stereocenters. The summed E-state index contributed by atoms with van der Waals surface area (Å²) >= 11 is 0. The molecule has 0 aliphatic rings. The van der Waals surface area contributed by atoms with Crippen LogP contribution in [0.3, 0.4) is 0 Å². The number of pyridine rings is 1. The van der Waals surface area contributed by atoms with Gasteiger partial charge in [-0.25, -0.2) is 0 Å². The van der Waals surface area contributed by atoms with Gasteiger partial charge in [0.05, 0.1) is 11.2 Å². The quantitative estimate of drug-likeness (QED) is 0.651. The van der Waals surface area contributed by atoms with Gasteiger partial charge >= 0.3 is 0 Å². The average Bonchev–Trinajstić information content (AvgIpc) is 2.39. The van der Waals surface area contributed by atoms with Crippen molar-refractivity contribution in [2.75, 3.05) is 0 Å². The molecule has 3 rings (SSSR count). The zero-order valence-corrected chi connectivity index (χ0v) is 9.87. The topological polar surface area (TPSA) is 47.8 Å². The summed E-state index contributed by atoms with van der Waals surface area (Å²) in [5.41, 5.74) is 2.50. The van der Waals surface area contributed by atoms with E-state index in [1.165, 1.54) is 10.7 Å². The van der Waals surface area contributed by atoms with Crippen molar-refractivity contribution in [3.63, 3.8) is 0 Å². The number of benzene rings is 1. The minimum absolute atomic E-state index is 0.142. The molecule has 18 heavy (non-hydrogen) atoms. The Bertz CT molecular complexity index is 777. The van der Waals surface area contributed by atoms with E-state index in [0.29, 0.717) is 0 Å². The normalized spacial score (nSPS) is 10.7. The molecule has 0 atom stereocenters. The molecule has 4 nitrogen and oxygen atoms in total. The summed E-state index contributed by atoms with van der Waals surface area (Å²) in [6.45, 7) is 1.95. The number of aryl methyl sites for hydroxylation is 1. The standard InChI is InChI=1S/C14H11N3O/c1-10-4-5-11-9-12(6-7-13(11)16-10)17-14(18)3-2-8-15-17/h2-9H,1H3. The van der Waals surface area contributed by atoms with Crippen LogP contribution in [0.2, 0.25) is 0 Å². The van der Waals surface area contributed by atoms with E-state index in [4.69, 9.17) is 0 Å². The van der Waals surface area contributed by atoms with Crippen molar-refractivity contribution in [2.45, 2.75) is 6.92 Å². The minimum Gasteiger partial charge on any atom is -0.267 e. The fourth-order valence-corrected chi connectivity index (χ4v) is 1.90. The number of hydrogen-bond donors (Lipinski definition) is 0. The van der Waals surface area contributed by atoms with E-state index in [1.807, 2.05) is 37.3 Å². The number of fused-ring (bicyclic) bond motifs is 1. The molecule has 0 fully saturated rings. The van der Waals surface area contributed by atoms with Gasteiger partial charge in [-0.15, -0.1) is 0 Å². The van der Waals surface area contributed by atoms with Gasteiger partial charge in [0, 0.05) is 23.3 Å². The lowest BCUT2D eigenvalue weighted by Crippen LogP contribution is -2.18. The van der Waals surface area contributed by atoms with Crippen molar-refractivity contribution < 1.29 is 0 Å². The van der Waals surface area contributed by atoms with Crippen LogP contribution in [-0.2, 0) is 0 Å². The first-order chi connectivity index (χ1) is 8.74. The Morgan fingerprint density at radius 3 is 2.83 bits per heavy atom. The molecule has 3 aromatic rings. The largest absolute Gasteiger partial charge is 0.271 e. The van der Waals surface area contributed by atoms with Gasteiger partial charge < -0.3 is 0 Å². The molecule has 0 spiro atoms. The highest BCUT2D eigenvalue weighted by Crippen LogP contribution is 2.16. The van der Waals surface area contributed by atoms with Crippen LogP contribution in [0.4, 0.5) is 0 Å². The number of nitrogens with zero attached hydrogens (tertiary/aromatic N) is 3. The highest BCUT2D eigenvalue weighted by atomic mass is 16.1. The molecule has 2 aromatic heterocycles. The fraction of sp³-hybridized carbons (Fsp3) is 0.0714. The summed E-state index contributed by atoms with van der Waals surface area (Å²) in [5, 5.41) is 5.05. The molecule has 0 aliphatic heterocycles. The van der Waals surface area contributed by atoms with E-state index in [9.17, 15) is 4.79 Å². The summed E-state index contributed by atoms with van der Waals surface area (Å²) in [4.78, 5) is 16.1. The van der Waals surface area contributed by atoms with Crippen LogP contribution >= 0.6 is 0 Å². The van der Waals surface area contributed by atoms with E-state index in [-0.39, 0.29) is 5.56 Å². The van der Waals surface area contributed by atoms with E-state index in [1.54, 1.807) is 12.3 Å². The van der Waals surface area contributed by atoms with Gasteiger partial charge in [-0.05, 0) is 37.3 Å². The predicted molar refractivity (Wildman–Crippen MR) is 69.9 cm³/mol. The molecule has 1 aromatic carbocycles. The van der Waals surface area contributed by atoms with Crippen molar-refractivity contribution in [1.29, 1.82) is 0 Å². The summed E-state index contributed by atoms with van der Waals surface area (Å²) < 4.78 is 1.37. The first-order valence-electron chi connectivity index (χ1n) is 5.66. The summed E-state index contributed by atoms with van der Waals surface area (Å²) in [5.74, 6) is 0. The number of hydrogen-bond acceptors (Lipinski definition) is 3. The highest BCUT2D eigenvalue weighted by molar-refractivity contribution is 5.80. The van der Waals surface area contributed by atoms with Crippen LogP contribution in [0.25, 0.3) is 16.6 Å². The lowest BCUT2D eigenvalue weighted by Gasteiger charge is -2.05. The first-order valence-corrected chi connectivity index (χ1v) is 5.66. The lowest BCUT2D eigenvalue weighted by atomic mass is 10.2. The van der Waals surface area contributed by atoms with Crippen LogP contribution in [-0.4, -0.2) is 14.8 Å². The zero-order chi connectivity index (χ0) is 12.5. The van der Waals surface area contributed by atoms with Crippen LogP contribution < -0.4 is 5.56 Å². The maximum Gasteiger partial charge on any atom is 0.271 e. The number of aromatic nitrogens is 3. The Morgan fingerprint density at radius 1 is 1.11 bits per heavy atom. The predicted octanol–water partition coefficient (Wildman–Crippen LogP) is 2.09. The Hall–Kier alpha value is -2.49. The van der Waals surface area contributed by atoms with Crippen LogP contribution in [0.1, 0.15) is 5.69 Å². The van der Waals surface area contributed by atoms with Crippen LogP contribution in [0, 0.1) is 6.92 Å². The third-order valence-electron chi connectivity index (χ3n) is 2.77. The van der Waals surface area contributed by atoms with Crippen molar-refractivity contribution in [3.05, 3.63) is 64.7 Å². The van der Waals surface area contributed by atoms with Gasteiger partial charge in [0.25, 0.3) is 5.56 Å². The smallest absolute Gasteiger partial charge is 0.267 e. The van der Waals surface area contributed by atoms with Gasteiger partial charge in [0.15, 0.2) is 0 Å². The van der Waals surface area contributed by atoms with Crippen LogP contribution in [0.5, 0.6) is 0 Å². The lowest BCUT2D eigenvalue weighted by molar-refractivity contribution is 0.808. The molecular weight excluding hydrogens is 226 g/mol. The number of rotatable bonds is 1. The van der Waals surface area contributed by atoms with Gasteiger partial charge in [0.1, 0.15) is 0 Å². The molecule has 4 heteroatoms. The molecule has 0 amide bonds. The van der Waals surface area contributed by atoms with Gasteiger partial charge in [-0.1, -0.05) is 6.07 Å². The van der Waals surface area contributed by atoms with Crippen LogP contribution in [0.15, 0.2) is 53.5 Å². The molecule has 0 radical (unpaired) electrons. The first kappa shape index (κ1) is 10.7. The maximum absolute atomic E-state index is 11.7. The van der Waals surface area contributed by atoms with Gasteiger partial charge in [0.2, 0.25) is 0 Å². The minimum atomic E-state index is -0.142. The summed E-state index contributed by atoms with van der Waals surface area (Å²) in [6, 6.07) is 12.7. The van der Waals surface area contributed by atoms with Gasteiger partial charge in [-0.2, -0.15) is 9.78 Å².